The highest BCUT2D eigenvalue weighted by atomic mass is 16.3. The third kappa shape index (κ3) is 3.46. The van der Waals surface area contributed by atoms with Crippen LogP contribution in [0.2, 0.25) is 0 Å². The molecule has 94 valence electrons. The summed E-state index contributed by atoms with van der Waals surface area (Å²) in [6.07, 6.45) is 4.60. The van der Waals surface area contributed by atoms with E-state index < -0.39 is 0 Å². The molecule has 1 amide bonds. The van der Waals surface area contributed by atoms with E-state index in [2.05, 4.69) is 5.32 Å². The molecule has 0 saturated heterocycles. The molecule has 2 atom stereocenters. The minimum absolute atomic E-state index is 0.158. The summed E-state index contributed by atoms with van der Waals surface area (Å²) in [6, 6.07) is 0.660. The van der Waals surface area contributed by atoms with E-state index in [1.165, 1.54) is 12.8 Å². The molecule has 0 aromatic carbocycles. The maximum atomic E-state index is 11.5. The molecule has 1 rings (SSSR count). The lowest BCUT2D eigenvalue weighted by molar-refractivity contribution is -0.132. The molecular weight excluding hydrogens is 204 g/mol. The maximum Gasteiger partial charge on any atom is 0.219 e. The molecule has 0 bridgehead atoms. The fourth-order valence-electron chi connectivity index (χ4n) is 2.66. The molecule has 0 radical (unpaired) electrons. The zero-order valence-electron chi connectivity index (χ0n) is 10.4. The predicted octanol–water partition coefficient (Wildman–Crippen LogP) is 0.748. The molecule has 1 aliphatic carbocycles. The number of likely N-dealkylation sites (N-methyl/N-ethyl adjacent to an activating group) is 1. The average molecular weight is 228 g/mol. The summed E-state index contributed by atoms with van der Waals surface area (Å²) >= 11 is 0. The molecule has 0 aromatic rings. The van der Waals surface area contributed by atoms with Crippen molar-refractivity contribution in [2.75, 3.05) is 19.7 Å². The van der Waals surface area contributed by atoms with Crippen LogP contribution in [-0.4, -0.2) is 47.7 Å². The summed E-state index contributed by atoms with van der Waals surface area (Å²) < 4.78 is 0. The highest BCUT2D eigenvalue weighted by Gasteiger charge is 2.30. The van der Waals surface area contributed by atoms with Crippen LogP contribution in [0.1, 0.15) is 39.5 Å². The number of hydrogen-bond donors (Lipinski definition) is 2. The van der Waals surface area contributed by atoms with Gasteiger partial charge in [-0.05, 0) is 19.8 Å². The third-order valence-electron chi connectivity index (χ3n) is 3.39. The Hall–Kier alpha value is -0.610. The Bertz CT molecular complexity index is 221. The Morgan fingerprint density at radius 3 is 2.69 bits per heavy atom. The van der Waals surface area contributed by atoms with Crippen LogP contribution in [0.3, 0.4) is 0 Å². The van der Waals surface area contributed by atoms with Crippen molar-refractivity contribution in [3.8, 4) is 0 Å². The van der Waals surface area contributed by atoms with E-state index >= 15 is 0 Å². The second-order valence-corrected chi connectivity index (χ2v) is 4.44. The van der Waals surface area contributed by atoms with Gasteiger partial charge in [0.25, 0.3) is 0 Å². The van der Waals surface area contributed by atoms with Crippen molar-refractivity contribution in [1.82, 2.24) is 10.2 Å². The summed E-state index contributed by atoms with van der Waals surface area (Å²) in [6.45, 7) is 5.23. The van der Waals surface area contributed by atoms with E-state index in [1.54, 1.807) is 6.92 Å². The van der Waals surface area contributed by atoms with E-state index in [9.17, 15) is 4.79 Å². The normalized spacial score (nSPS) is 25.4. The van der Waals surface area contributed by atoms with Crippen molar-refractivity contribution in [2.24, 2.45) is 0 Å². The van der Waals surface area contributed by atoms with Gasteiger partial charge in [-0.3, -0.25) is 4.79 Å². The Kier molecular flexibility index (Phi) is 5.77. The van der Waals surface area contributed by atoms with Gasteiger partial charge < -0.3 is 15.3 Å². The summed E-state index contributed by atoms with van der Waals surface area (Å²) in [5.41, 5.74) is 0. The number of carbonyl (C=O) groups is 1. The molecule has 1 saturated carbocycles. The highest BCUT2D eigenvalue weighted by Crippen LogP contribution is 2.23. The summed E-state index contributed by atoms with van der Waals surface area (Å²) in [4.78, 5) is 13.5. The minimum Gasteiger partial charge on any atom is -0.395 e. The van der Waals surface area contributed by atoms with E-state index in [0.29, 0.717) is 18.6 Å². The molecule has 1 fully saturated rings. The number of carbonyl (C=O) groups excluding carboxylic acids is 1. The number of nitrogens with one attached hydrogen (secondary N) is 1. The predicted molar refractivity (Wildman–Crippen MR) is 64.2 cm³/mol. The first-order valence-electron chi connectivity index (χ1n) is 6.32. The van der Waals surface area contributed by atoms with Crippen LogP contribution in [0.25, 0.3) is 0 Å². The molecule has 0 aliphatic heterocycles. The van der Waals surface area contributed by atoms with Gasteiger partial charge in [0.05, 0.1) is 6.61 Å². The first-order chi connectivity index (χ1) is 7.70. The van der Waals surface area contributed by atoms with Gasteiger partial charge in [0.1, 0.15) is 0 Å². The first kappa shape index (κ1) is 13.5. The van der Waals surface area contributed by atoms with E-state index in [4.69, 9.17) is 5.11 Å². The molecular formula is C12H24N2O2. The smallest absolute Gasteiger partial charge is 0.219 e. The van der Waals surface area contributed by atoms with Crippen LogP contribution in [0.4, 0.5) is 0 Å². The first-order valence-corrected chi connectivity index (χ1v) is 6.32. The van der Waals surface area contributed by atoms with Crippen molar-refractivity contribution < 1.29 is 9.90 Å². The number of aliphatic hydroxyl groups excluding tert-OH is 1. The number of nitrogens with zero attached hydrogens (tertiary/aromatic N) is 1. The number of hydrogen-bond acceptors (Lipinski definition) is 3. The standard InChI is InChI=1S/C12H24N2O2/c1-3-14(10(2)16)12-7-5-4-6-11(12)13-8-9-15/h11-13,15H,3-9H2,1-2H3/t11-,12-/m1/s1. The van der Waals surface area contributed by atoms with Gasteiger partial charge >= 0.3 is 0 Å². The highest BCUT2D eigenvalue weighted by molar-refractivity contribution is 5.73. The zero-order chi connectivity index (χ0) is 12.0. The molecule has 2 N–H and O–H groups in total. The average Bonchev–Trinajstić information content (AvgIpc) is 2.28. The van der Waals surface area contributed by atoms with Crippen LogP contribution in [0, 0.1) is 0 Å². The molecule has 0 aromatic heterocycles. The van der Waals surface area contributed by atoms with Crippen LogP contribution < -0.4 is 5.32 Å². The van der Waals surface area contributed by atoms with Crippen LogP contribution in [-0.2, 0) is 4.79 Å². The fraction of sp³-hybridized carbons (Fsp3) is 0.917. The molecule has 16 heavy (non-hydrogen) atoms. The van der Waals surface area contributed by atoms with Gasteiger partial charge in [0, 0.05) is 32.1 Å². The quantitative estimate of drug-likeness (QED) is 0.730. The number of amides is 1. The second kappa shape index (κ2) is 6.86. The monoisotopic (exact) mass is 228 g/mol. The zero-order valence-corrected chi connectivity index (χ0v) is 10.4. The summed E-state index contributed by atoms with van der Waals surface area (Å²) in [5, 5.41) is 12.2. The van der Waals surface area contributed by atoms with Gasteiger partial charge in [-0.1, -0.05) is 12.8 Å². The maximum absolute atomic E-state index is 11.5. The second-order valence-electron chi connectivity index (χ2n) is 4.44. The van der Waals surface area contributed by atoms with Crippen molar-refractivity contribution in [1.29, 1.82) is 0 Å². The fourth-order valence-corrected chi connectivity index (χ4v) is 2.66. The lowest BCUT2D eigenvalue weighted by atomic mass is 9.89. The van der Waals surface area contributed by atoms with E-state index in [-0.39, 0.29) is 12.5 Å². The SMILES string of the molecule is CCN(C(C)=O)[C@@H]1CCCC[C@H]1NCCO. The van der Waals surface area contributed by atoms with Crippen molar-refractivity contribution in [3.05, 3.63) is 0 Å². The van der Waals surface area contributed by atoms with Crippen LogP contribution >= 0.6 is 0 Å². The topological polar surface area (TPSA) is 52.6 Å². The summed E-state index contributed by atoms with van der Waals surface area (Å²) in [7, 11) is 0. The van der Waals surface area contributed by atoms with Crippen LogP contribution in [0.15, 0.2) is 0 Å². The van der Waals surface area contributed by atoms with Gasteiger partial charge in [0.15, 0.2) is 0 Å². The lowest BCUT2D eigenvalue weighted by Crippen LogP contribution is -2.53. The molecule has 1 aliphatic rings. The lowest BCUT2D eigenvalue weighted by Gasteiger charge is -2.39. The van der Waals surface area contributed by atoms with Gasteiger partial charge in [-0.25, -0.2) is 0 Å². The molecule has 0 heterocycles. The Balaban J connectivity index is 2.60. The number of rotatable bonds is 5. The van der Waals surface area contributed by atoms with Gasteiger partial charge in [0.2, 0.25) is 5.91 Å². The molecule has 0 unspecified atom stereocenters. The van der Waals surface area contributed by atoms with Crippen molar-refractivity contribution in [3.63, 3.8) is 0 Å². The van der Waals surface area contributed by atoms with Gasteiger partial charge in [-0.15, -0.1) is 0 Å². The van der Waals surface area contributed by atoms with Crippen molar-refractivity contribution >= 4 is 5.91 Å². The van der Waals surface area contributed by atoms with Crippen LogP contribution in [0.5, 0.6) is 0 Å². The molecule has 0 spiro atoms. The minimum atomic E-state index is 0.158. The third-order valence-corrected chi connectivity index (χ3v) is 3.39. The number of aliphatic hydroxyl groups is 1. The Morgan fingerprint density at radius 2 is 2.12 bits per heavy atom. The van der Waals surface area contributed by atoms with Crippen molar-refractivity contribution in [2.45, 2.75) is 51.6 Å². The molecule has 4 heteroatoms. The van der Waals surface area contributed by atoms with E-state index in [0.717, 1.165) is 19.4 Å². The largest absolute Gasteiger partial charge is 0.395 e. The molecule has 4 nitrogen and oxygen atoms in total. The van der Waals surface area contributed by atoms with Gasteiger partial charge in [-0.2, -0.15) is 0 Å². The Morgan fingerprint density at radius 1 is 1.44 bits per heavy atom. The summed E-state index contributed by atoms with van der Waals surface area (Å²) in [5.74, 6) is 0.158. The van der Waals surface area contributed by atoms with E-state index in [1.807, 2.05) is 11.8 Å². The Labute approximate surface area is 98.0 Å².